The van der Waals surface area contributed by atoms with E-state index in [1.54, 1.807) is 18.5 Å². The highest BCUT2D eigenvalue weighted by Gasteiger charge is 2.10. The minimum Gasteiger partial charge on any atom is -0.381 e. The van der Waals surface area contributed by atoms with Gasteiger partial charge in [-0.1, -0.05) is 39.0 Å². The maximum atomic E-state index is 12.0. The van der Waals surface area contributed by atoms with Crippen molar-refractivity contribution in [1.29, 1.82) is 0 Å². The van der Waals surface area contributed by atoms with Gasteiger partial charge in [-0.15, -0.1) is 11.3 Å². The molecule has 0 unspecified atom stereocenters. The van der Waals surface area contributed by atoms with E-state index in [9.17, 15) is 4.79 Å². The van der Waals surface area contributed by atoms with Crippen LogP contribution in [0.3, 0.4) is 0 Å². The van der Waals surface area contributed by atoms with Crippen molar-refractivity contribution in [3.8, 4) is 10.8 Å². The number of rotatable bonds is 14. The Morgan fingerprint density at radius 2 is 1.81 bits per heavy atom. The lowest BCUT2D eigenvalue weighted by Crippen LogP contribution is -2.27. The number of hydrogen-bond acceptors (Lipinski definition) is 6. The highest BCUT2D eigenvalue weighted by atomic mass is 32.1. The predicted molar refractivity (Wildman–Crippen MR) is 109 cm³/mol. The highest BCUT2D eigenvalue weighted by molar-refractivity contribution is 7.13. The molecule has 0 aromatic carbocycles. The average molecular weight is 391 g/mol. The molecular weight excluding hydrogens is 360 g/mol. The summed E-state index contributed by atoms with van der Waals surface area (Å²) in [6, 6.07) is 1.77. The number of carbonyl (C=O) groups excluding carboxylic acids is 1. The molecule has 1 N–H and O–H groups in total. The zero-order valence-electron chi connectivity index (χ0n) is 16.2. The van der Waals surface area contributed by atoms with Crippen LogP contribution >= 0.6 is 11.3 Å². The molecule has 0 saturated heterocycles. The van der Waals surface area contributed by atoms with Gasteiger partial charge < -0.3 is 10.1 Å². The van der Waals surface area contributed by atoms with E-state index in [4.69, 9.17) is 4.74 Å². The minimum absolute atomic E-state index is 0.0169. The molecule has 0 fully saturated rings. The molecule has 148 valence electrons. The van der Waals surface area contributed by atoms with Gasteiger partial charge in [0, 0.05) is 37.5 Å². The first-order valence-electron chi connectivity index (χ1n) is 9.86. The smallest absolute Gasteiger partial charge is 0.226 e. The molecule has 2 rings (SSSR count). The molecule has 0 bridgehead atoms. The maximum absolute atomic E-state index is 12.0. The SMILES string of the molecule is CCCCCCCCOCCCNC(=O)Cc1csc(-c2ncccn2)n1. The molecule has 0 radical (unpaired) electrons. The van der Waals surface area contributed by atoms with E-state index in [1.165, 1.54) is 43.4 Å². The molecule has 2 heterocycles. The van der Waals surface area contributed by atoms with Gasteiger partial charge in [0.05, 0.1) is 12.1 Å². The van der Waals surface area contributed by atoms with Gasteiger partial charge in [-0.2, -0.15) is 0 Å². The number of hydrogen-bond donors (Lipinski definition) is 1. The standard InChI is InChI=1S/C20H30N4O2S/c1-2-3-4-5-6-7-13-26-14-9-12-21-18(25)15-17-16-27-20(24-17)19-22-10-8-11-23-19/h8,10-11,16H,2-7,9,12-15H2,1H3,(H,21,25). The van der Waals surface area contributed by atoms with Gasteiger partial charge in [-0.05, 0) is 18.9 Å². The molecule has 2 aromatic heterocycles. The number of amides is 1. The maximum Gasteiger partial charge on any atom is 0.226 e. The van der Waals surface area contributed by atoms with Gasteiger partial charge in [0.2, 0.25) is 5.91 Å². The summed E-state index contributed by atoms with van der Waals surface area (Å²) in [6.45, 7) is 4.38. The molecule has 1 amide bonds. The molecule has 0 aliphatic heterocycles. The largest absolute Gasteiger partial charge is 0.381 e. The van der Waals surface area contributed by atoms with Crippen LogP contribution in [0, 0.1) is 0 Å². The third-order valence-corrected chi connectivity index (χ3v) is 4.97. The van der Waals surface area contributed by atoms with Crippen molar-refractivity contribution in [2.75, 3.05) is 19.8 Å². The van der Waals surface area contributed by atoms with Gasteiger partial charge in [-0.25, -0.2) is 15.0 Å². The van der Waals surface area contributed by atoms with Crippen LogP contribution in [0.15, 0.2) is 23.8 Å². The molecule has 0 aliphatic carbocycles. The lowest BCUT2D eigenvalue weighted by atomic mass is 10.1. The van der Waals surface area contributed by atoms with E-state index in [0.717, 1.165) is 30.2 Å². The van der Waals surface area contributed by atoms with Crippen LogP contribution in [-0.4, -0.2) is 40.6 Å². The van der Waals surface area contributed by atoms with E-state index in [0.29, 0.717) is 19.0 Å². The van der Waals surface area contributed by atoms with Crippen molar-refractivity contribution < 1.29 is 9.53 Å². The van der Waals surface area contributed by atoms with Crippen LogP contribution in [0.25, 0.3) is 10.8 Å². The molecule has 6 nitrogen and oxygen atoms in total. The summed E-state index contributed by atoms with van der Waals surface area (Å²) < 4.78 is 5.62. The Balaban J connectivity index is 1.50. The molecule has 0 atom stereocenters. The first kappa shape index (κ1) is 21.4. The summed E-state index contributed by atoms with van der Waals surface area (Å²) in [4.78, 5) is 24.8. The fourth-order valence-corrected chi connectivity index (χ4v) is 3.38. The second-order valence-electron chi connectivity index (χ2n) is 6.48. The fourth-order valence-electron chi connectivity index (χ4n) is 2.62. The molecule has 0 saturated carbocycles. The zero-order valence-corrected chi connectivity index (χ0v) is 17.0. The van der Waals surface area contributed by atoms with Crippen molar-refractivity contribution in [1.82, 2.24) is 20.3 Å². The fraction of sp³-hybridized carbons (Fsp3) is 0.600. The molecular formula is C20H30N4O2S. The Morgan fingerprint density at radius 1 is 1.07 bits per heavy atom. The number of nitrogens with zero attached hydrogens (tertiary/aromatic N) is 3. The van der Waals surface area contributed by atoms with E-state index in [1.807, 2.05) is 5.38 Å². The third-order valence-electron chi connectivity index (χ3n) is 4.08. The van der Waals surface area contributed by atoms with Gasteiger partial charge in [0.1, 0.15) is 0 Å². The van der Waals surface area contributed by atoms with Crippen LogP contribution in [0.1, 0.15) is 57.6 Å². The van der Waals surface area contributed by atoms with Gasteiger partial charge in [-0.3, -0.25) is 4.79 Å². The Kier molecular flexibility index (Phi) is 10.6. The summed E-state index contributed by atoms with van der Waals surface area (Å²) in [5.41, 5.74) is 0.749. The lowest BCUT2D eigenvalue weighted by molar-refractivity contribution is -0.120. The topological polar surface area (TPSA) is 77.0 Å². The van der Waals surface area contributed by atoms with Gasteiger partial charge >= 0.3 is 0 Å². The Labute approximate surface area is 165 Å². The normalized spacial score (nSPS) is 10.9. The number of aromatic nitrogens is 3. The molecule has 2 aromatic rings. The molecule has 7 heteroatoms. The van der Waals surface area contributed by atoms with Crippen LogP contribution in [0.2, 0.25) is 0 Å². The van der Waals surface area contributed by atoms with Gasteiger partial charge in [0.15, 0.2) is 10.8 Å². The van der Waals surface area contributed by atoms with Crippen LogP contribution in [0.5, 0.6) is 0 Å². The lowest BCUT2D eigenvalue weighted by Gasteiger charge is -2.06. The van der Waals surface area contributed by atoms with E-state index < -0.39 is 0 Å². The predicted octanol–water partition coefficient (Wildman–Crippen LogP) is 4.03. The second-order valence-corrected chi connectivity index (χ2v) is 7.33. The van der Waals surface area contributed by atoms with E-state index in [2.05, 4.69) is 27.2 Å². The van der Waals surface area contributed by atoms with Crippen molar-refractivity contribution in [2.45, 2.75) is 58.3 Å². The molecule has 27 heavy (non-hydrogen) atoms. The Hall–Kier alpha value is -1.86. The summed E-state index contributed by atoms with van der Waals surface area (Å²) in [5, 5.41) is 5.54. The third kappa shape index (κ3) is 9.06. The first-order valence-corrected chi connectivity index (χ1v) is 10.7. The van der Waals surface area contributed by atoms with E-state index >= 15 is 0 Å². The first-order chi connectivity index (χ1) is 13.3. The van der Waals surface area contributed by atoms with E-state index in [-0.39, 0.29) is 12.3 Å². The Morgan fingerprint density at radius 3 is 2.63 bits per heavy atom. The number of unbranched alkanes of at least 4 members (excludes halogenated alkanes) is 5. The number of nitrogens with one attached hydrogen (secondary N) is 1. The van der Waals surface area contributed by atoms with Crippen LogP contribution in [0.4, 0.5) is 0 Å². The summed E-state index contributed by atoms with van der Waals surface area (Å²) >= 11 is 1.45. The second kappa shape index (κ2) is 13.3. The summed E-state index contributed by atoms with van der Waals surface area (Å²) in [6.07, 6.45) is 12.1. The summed E-state index contributed by atoms with van der Waals surface area (Å²) in [5.74, 6) is 0.577. The van der Waals surface area contributed by atoms with Crippen molar-refractivity contribution >= 4 is 17.2 Å². The Bertz CT molecular complexity index is 648. The zero-order chi connectivity index (χ0) is 19.2. The molecule has 0 aliphatic rings. The minimum atomic E-state index is -0.0169. The van der Waals surface area contributed by atoms with Crippen molar-refractivity contribution in [3.63, 3.8) is 0 Å². The molecule has 0 spiro atoms. The van der Waals surface area contributed by atoms with Crippen molar-refractivity contribution in [2.24, 2.45) is 0 Å². The monoisotopic (exact) mass is 390 g/mol. The van der Waals surface area contributed by atoms with Gasteiger partial charge in [0.25, 0.3) is 0 Å². The number of ether oxygens (including phenoxy) is 1. The van der Waals surface area contributed by atoms with Crippen molar-refractivity contribution in [3.05, 3.63) is 29.5 Å². The van der Waals surface area contributed by atoms with Crippen LogP contribution in [-0.2, 0) is 16.0 Å². The average Bonchev–Trinajstić information content (AvgIpc) is 3.15. The number of thiazole rings is 1. The highest BCUT2D eigenvalue weighted by Crippen LogP contribution is 2.19. The number of carbonyl (C=O) groups is 1. The van der Waals surface area contributed by atoms with Crippen LogP contribution < -0.4 is 5.32 Å². The summed E-state index contributed by atoms with van der Waals surface area (Å²) in [7, 11) is 0. The quantitative estimate of drug-likeness (QED) is 0.493.